The summed E-state index contributed by atoms with van der Waals surface area (Å²) < 4.78 is 51.3. The van der Waals surface area contributed by atoms with E-state index < -0.39 is 17.6 Å². The third kappa shape index (κ3) is 6.00. The Morgan fingerprint density at radius 1 is 1.09 bits per heavy atom. The first-order valence-corrected chi connectivity index (χ1v) is 5.98. The SMILES string of the molecule is O=[C-]c1ccc(CNc2cccc(C(F)(F)F)c2)c(F)c1.[CH3-].[U+2]. The molecule has 23 heavy (non-hydrogen) atoms. The number of benzene rings is 2. The molecule has 2 aromatic rings. The van der Waals surface area contributed by atoms with E-state index in [0.717, 1.165) is 18.2 Å². The van der Waals surface area contributed by atoms with Crippen LogP contribution in [0.5, 0.6) is 0 Å². The van der Waals surface area contributed by atoms with Gasteiger partial charge in [-0.15, -0.1) is 17.7 Å². The molecule has 2 aromatic carbocycles. The van der Waals surface area contributed by atoms with Crippen LogP contribution in [0.15, 0.2) is 42.5 Å². The molecule has 0 fully saturated rings. The zero-order chi connectivity index (χ0) is 15.5. The van der Waals surface area contributed by atoms with Crippen molar-refractivity contribution in [2.75, 3.05) is 5.32 Å². The summed E-state index contributed by atoms with van der Waals surface area (Å²) in [5.74, 6) is -0.615. The molecule has 0 aliphatic heterocycles. The van der Waals surface area contributed by atoms with Crippen molar-refractivity contribution < 1.29 is 53.5 Å². The van der Waals surface area contributed by atoms with Crippen molar-refractivity contribution in [2.45, 2.75) is 12.7 Å². The first-order valence-electron chi connectivity index (χ1n) is 5.98. The normalized spacial score (nSPS) is 10.3. The molecule has 2 nitrogen and oxygen atoms in total. The fourth-order valence-electron chi connectivity index (χ4n) is 1.76. The van der Waals surface area contributed by atoms with Gasteiger partial charge in [0.1, 0.15) is 0 Å². The van der Waals surface area contributed by atoms with Crippen LogP contribution < -0.4 is 5.32 Å². The Morgan fingerprint density at radius 2 is 1.78 bits per heavy atom. The Bertz CT molecular complexity index is 659. The van der Waals surface area contributed by atoms with Crippen molar-refractivity contribution in [2.24, 2.45) is 0 Å². The molecule has 0 bridgehead atoms. The van der Waals surface area contributed by atoms with E-state index in [1.165, 1.54) is 24.3 Å². The molecule has 0 aliphatic rings. The number of nitrogens with one attached hydrogen (secondary N) is 1. The number of carbonyl (C=O) groups excluding carboxylic acids is 1. The van der Waals surface area contributed by atoms with Gasteiger partial charge in [-0.05, 0) is 23.8 Å². The molecule has 0 saturated heterocycles. The molecule has 0 saturated carbocycles. The average Bonchev–Trinajstić information content (AvgIpc) is 2.45. The first-order chi connectivity index (χ1) is 9.90. The van der Waals surface area contributed by atoms with Gasteiger partial charge in [-0.25, -0.2) is 4.39 Å². The van der Waals surface area contributed by atoms with Gasteiger partial charge < -0.3 is 17.5 Å². The summed E-state index contributed by atoms with van der Waals surface area (Å²) in [4.78, 5) is 10.4. The van der Waals surface area contributed by atoms with Gasteiger partial charge in [0.15, 0.2) is 0 Å². The van der Waals surface area contributed by atoms with E-state index in [1.807, 2.05) is 0 Å². The third-order valence-corrected chi connectivity index (χ3v) is 2.84. The Hall–Kier alpha value is -1.32. The van der Waals surface area contributed by atoms with Crippen molar-refractivity contribution in [1.29, 1.82) is 0 Å². The second-order valence-electron chi connectivity index (χ2n) is 4.34. The van der Waals surface area contributed by atoms with Gasteiger partial charge in [-0.2, -0.15) is 19.2 Å². The van der Waals surface area contributed by atoms with Crippen LogP contribution in [0.4, 0.5) is 23.2 Å². The topological polar surface area (TPSA) is 29.1 Å². The smallest absolute Gasteiger partial charge is 0.381 e. The molecule has 1 N–H and O–H groups in total. The minimum Gasteiger partial charge on any atom is -0.381 e. The average molecular weight is 549 g/mol. The summed E-state index contributed by atoms with van der Waals surface area (Å²) in [5, 5.41) is 2.71. The first kappa shape index (κ1) is 21.7. The van der Waals surface area contributed by atoms with Crippen molar-refractivity contribution in [1.82, 2.24) is 0 Å². The van der Waals surface area contributed by atoms with E-state index >= 15 is 0 Å². The second kappa shape index (κ2) is 9.09. The van der Waals surface area contributed by atoms with Crippen LogP contribution >= 0.6 is 0 Å². The molecular formula is C16H13F4NOU. The molecule has 0 amide bonds. The summed E-state index contributed by atoms with van der Waals surface area (Å²) in [5.41, 5.74) is -0.226. The molecule has 0 radical (unpaired) electrons. The zero-order valence-electron chi connectivity index (χ0n) is 12.2. The molecule has 0 spiro atoms. The maximum Gasteiger partial charge on any atom is 2.00 e. The van der Waals surface area contributed by atoms with Gasteiger partial charge in [0, 0.05) is 12.2 Å². The van der Waals surface area contributed by atoms with E-state index in [2.05, 4.69) is 5.32 Å². The van der Waals surface area contributed by atoms with Crippen LogP contribution in [0, 0.1) is 44.4 Å². The Morgan fingerprint density at radius 3 is 2.35 bits per heavy atom. The Kier molecular flexibility index (Phi) is 8.57. The maximum absolute atomic E-state index is 13.6. The number of hydrogen-bond donors (Lipinski definition) is 1. The summed E-state index contributed by atoms with van der Waals surface area (Å²) in [6.07, 6.45) is -2.87. The van der Waals surface area contributed by atoms with E-state index in [9.17, 15) is 22.4 Å². The third-order valence-electron chi connectivity index (χ3n) is 2.84. The maximum atomic E-state index is 13.6. The van der Waals surface area contributed by atoms with Crippen molar-refractivity contribution in [3.8, 4) is 0 Å². The van der Waals surface area contributed by atoms with Crippen LogP contribution in [-0.4, -0.2) is 6.29 Å². The Balaban J connectivity index is 0.00000242. The van der Waals surface area contributed by atoms with E-state index in [-0.39, 0.29) is 61.9 Å². The van der Waals surface area contributed by atoms with Gasteiger partial charge in [-0.1, -0.05) is 6.07 Å². The zero-order valence-corrected chi connectivity index (χ0v) is 16.3. The van der Waals surface area contributed by atoms with Gasteiger partial charge in [-0.3, -0.25) is 0 Å². The van der Waals surface area contributed by atoms with E-state index in [0.29, 0.717) is 0 Å². The van der Waals surface area contributed by atoms with Crippen LogP contribution in [0.1, 0.15) is 16.7 Å². The van der Waals surface area contributed by atoms with E-state index in [1.54, 1.807) is 6.29 Å². The van der Waals surface area contributed by atoms with Gasteiger partial charge in [0.05, 0.1) is 17.7 Å². The van der Waals surface area contributed by atoms with Crippen LogP contribution in [0.2, 0.25) is 0 Å². The number of halogens is 4. The molecule has 0 heterocycles. The summed E-state index contributed by atoms with van der Waals surface area (Å²) in [6.45, 7) is 0.00623. The largest absolute Gasteiger partial charge is 2.00 e. The van der Waals surface area contributed by atoms with Crippen molar-refractivity contribution >= 4 is 12.0 Å². The fourth-order valence-corrected chi connectivity index (χ4v) is 1.76. The molecular weight excluding hydrogens is 536 g/mol. The van der Waals surface area contributed by atoms with Crippen LogP contribution in [-0.2, 0) is 17.5 Å². The molecule has 0 unspecified atom stereocenters. The summed E-state index contributed by atoms with van der Waals surface area (Å²) in [7, 11) is 0. The number of hydrogen-bond acceptors (Lipinski definition) is 2. The quantitative estimate of drug-likeness (QED) is 0.454. The number of alkyl halides is 3. The standard InChI is InChI=1S/C15H10F4NO.CH3.U/c16-14-6-10(9-21)4-5-11(14)8-20-13-3-1-2-12(7-13)15(17,18)19;;/h1-7,20H,8H2;1H3;/q2*-1;+2. The summed E-state index contributed by atoms with van der Waals surface area (Å²) >= 11 is 0. The van der Waals surface area contributed by atoms with Crippen LogP contribution in [0.25, 0.3) is 0 Å². The Labute approximate surface area is 155 Å². The van der Waals surface area contributed by atoms with Gasteiger partial charge in [0.2, 0.25) is 0 Å². The molecule has 7 heteroatoms. The molecule has 0 atom stereocenters. The minimum atomic E-state index is -4.43. The van der Waals surface area contributed by atoms with Gasteiger partial charge in [0.25, 0.3) is 0 Å². The second-order valence-corrected chi connectivity index (χ2v) is 4.34. The molecule has 0 aliphatic carbocycles. The minimum absolute atomic E-state index is 0. The predicted octanol–water partition coefficient (Wildman–Crippen LogP) is 4.36. The summed E-state index contributed by atoms with van der Waals surface area (Å²) in [6, 6.07) is 8.43. The van der Waals surface area contributed by atoms with Gasteiger partial charge >= 0.3 is 37.3 Å². The number of anilines is 1. The fraction of sp³-hybridized carbons (Fsp3) is 0.125. The molecule has 120 valence electrons. The van der Waals surface area contributed by atoms with Crippen molar-refractivity contribution in [3.05, 3.63) is 72.4 Å². The van der Waals surface area contributed by atoms with Crippen LogP contribution in [0.3, 0.4) is 0 Å². The monoisotopic (exact) mass is 549 g/mol. The predicted molar refractivity (Wildman–Crippen MR) is 76.4 cm³/mol. The number of rotatable bonds is 4. The van der Waals surface area contributed by atoms with E-state index in [4.69, 9.17) is 0 Å². The molecule has 0 aromatic heterocycles. The molecule has 2 rings (SSSR count). The van der Waals surface area contributed by atoms with Crippen molar-refractivity contribution in [3.63, 3.8) is 0 Å².